The molecule has 4 rings (SSSR count). The number of carbonyl (C=O) groups is 2. The Morgan fingerprint density at radius 2 is 1.61 bits per heavy atom. The maximum atomic E-state index is 13.1. The van der Waals surface area contributed by atoms with E-state index in [0.717, 1.165) is 33.3 Å². The number of nitrogens with zero attached hydrogens (tertiary/aromatic N) is 2. The van der Waals surface area contributed by atoms with Gasteiger partial charge in [-0.1, -0.05) is 23.9 Å². The Morgan fingerprint density at radius 1 is 1.00 bits per heavy atom. The number of nitriles is 1. The van der Waals surface area contributed by atoms with Crippen LogP contribution in [0, 0.1) is 25.2 Å². The Morgan fingerprint density at radius 3 is 2.17 bits per heavy atom. The molecule has 0 fully saturated rings. The highest BCUT2D eigenvalue weighted by Gasteiger charge is 2.23. The number of esters is 1. The van der Waals surface area contributed by atoms with Gasteiger partial charge in [0.1, 0.15) is 27.6 Å². The highest BCUT2D eigenvalue weighted by molar-refractivity contribution is 8.00. The van der Waals surface area contributed by atoms with Crippen LogP contribution in [0.2, 0.25) is 0 Å². The Hall–Kier alpha value is -4.33. The second-order valence-corrected chi connectivity index (χ2v) is 11.0. The van der Waals surface area contributed by atoms with E-state index < -0.39 is 5.97 Å². The molecule has 2 heterocycles. The topological polar surface area (TPSA) is 111 Å². The number of amides is 1. The quantitative estimate of drug-likeness (QED) is 0.158. The normalized spacial score (nSPS) is 10.5. The largest absolute Gasteiger partial charge is 0.497 e. The van der Waals surface area contributed by atoms with Gasteiger partial charge in [0.25, 0.3) is 0 Å². The lowest BCUT2D eigenvalue weighted by Crippen LogP contribution is -2.16. The van der Waals surface area contributed by atoms with E-state index in [9.17, 15) is 14.9 Å². The van der Waals surface area contributed by atoms with E-state index in [1.165, 1.54) is 11.3 Å². The molecule has 1 N–H and O–H groups in total. The van der Waals surface area contributed by atoms with Crippen LogP contribution >= 0.6 is 23.1 Å². The molecule has 2 aromatic heterocycles. The second kappa shape index (κ2) is 13.4. The van der Waals surface area contributed by atoms with Crippen LogP contribution in [0.25, 0.3) is 22.4 Å². The molecule has 0 atom stereocenters. The van der Waals surface area contributed by atoms with Crippen molar-refractivity contribution in [3.05, 3.63) is 76.2 Å². The monoisotopic (exact) mass is 587 g/mol. The number of thioether (sulfide) groups is 1. The lowest BCUT2D eigenvalue weighted by atomic mass is 9.99. The Balaban J connectivity index is 1.68. The van der Waals surface area contributed by atoms with Gasteiger partial charge in [0.2, 0.25) is 5.91 Å². The van der Waals surface area contributed by atoms with Crippen molar-refractivity contribution in [1.29, 1.82) is 5.26 Å². The summed E-state index contributed by atoms with van der Waals surface area (Å²) in [5.41, 5.74) is 4.49. The number of benzene rings is 2. The van der Waals surface area contributed by atoms with Gasteiger partial charge in [-0.25, -0.2) is 9.78 Å². The third-order valence-electron chi connectivity index (χ3n) is 6.34. The van der Waals surface area contributed by atoms with Crippen molar-refractivity contribution in [1.82, 2.24) is 4.98 Å². The number of aromatic nitrogens is 1. The first-order chi connectivity index (χ1) is 19.8. The van der Waals surface area contributed by atoms with Crippen LogP contribution in [0.1, 0.15) is 33.3 Å². The molecule has 210 valence electrons. The summed E-state index contributed by atoms with van der Waals surface area (Å²) in [7, 11) is 3.20. The number of thiophene rings is 1. The zero-order chi connectivity index (χ0) is 29.5. The first-order valence-corrected chi connectivity index (χ1v) is 14.5. The van der Waals surface area contributed by atoms with Crippen molar-refractivity contribution >= 4 is 40.0 Å². The average molecular weight is 588 g/mol. The van der Waals surface area contributed by atoms with Gasteiger partial charge < -0.3 is 19.5 Å². The Labute approximate surface area is 247 Å². The lowest BCUT2D eigenvalue weighted by molar-refractivity contribution is -0.113. The van der Waals surface area contributed by atoms with Gasteiger partial charge in [-0.05, 0) is 74.4 Å². The van der Waals surface area contributed by atoms with Crippen molar-refractivity contribution in [2.45, 2.75) is 25.8 Å². The molecule has 8 nitrogen and oxygen atoms in total. The minimum atomic E-state index is -0.470. The maximum Gasteiger partial charge on any atom is 0.341 e. The minimum Gasteiger partial charge on any atom is -0.497 e. The number of carbonyl (C=O) groups excluding carboxylic acids is 2. The maximum absolute atomic E-state index is 13.1. The molecular weight excluding hydrogens is 558 g/mol. The van der Waals surface area contributed by atoms with Gasteiger partial charge in [-0.15, -0.1) is 11.3 Å². The van der Waals surface area contributed by atoms with Crippen molar-refractivity contribution in [3.63, 3.8) is 0 Å². The summed E-state index contributed by atoms with van der Waals surface area (Å²) < 4.78 is 15.8. The molecule has 0 unspecified atom stereocenters. The van der Waals surface area contributed by atoms with Gasteiger partial charge in [0.15, 0.2) is 0 Å². The molecule has 4 aromatic rings. The molecule has 0 bridgehead atoms. The van der Waals surface area contributed by atoms with E-state index in [2.05, 4.69) is 11.4 Å². The second-order valence-electron chi connectivity index (χ2n) is 8.85. The zero-order valence-electron chi connectivity index (χ0n) is 23.4. The van der Waals surface area contributed by atoms with Crippen molar-refractivity contribution in [2.75, 3.05) is 31.9 Å². The lowest BCUT2D eigenvalue weighted by Gasteiger charge is -2.13. The van der Waals surface area contributed by atoms with Crippen LogP contribution in [0.4, 0.5) is 5.00 Å². The van der Waals surface area contributed by atoms with Crippen molar-refractivity contribution in [2.24, 2.45) is 0 Å². The molecule has 10 heteroatoms. The van der Waals surface area contributed by atoms with Crippen LogP contribution in [-0.4, -0.2) is 43.4 Å². The summed E-state index contributed by atoms with van der Waals surface area (Å²) in [6.07, 6.45) is 0. The zero-order valence-corrected chi connectivity index (χ0v) is 25.0. The number of hydrogen-bond acceptors (Lipinski definition) is 9. The summed E-state index contributed by atoms with van der Waals surface area (Å²) in [6, 6.07) is 19.0. The number of rotatable bonds is 10. The fourth-order valence-electron chi connectivity index (χ4n) is 4.10. The van der Waals surface area contributed by atoms with Crippen LogP contribution < -0.4 is 14.8 Å². The Bertz CT molecular complexity index is 1610. The molecule has 0 spiro atoms. The third-order valence-corrected chi connectivity index (χ3v) is 8.44. The molecule has 0 aliphatic heterocycles. The first kappa shape index (κ1) is 29.6. The number of ether oxygens (including phenoxy) is 3. The predicted octanol–water partition coefficient (Wildman–Crippen LogP) is 6.89. The number of pyridine rings is 1. The fraction of sp³-hybridized carbons (Fsp3) is 0.226. The highest BCUT2D eigenvalue weighted by atomic mass is 32.2. The summed E-state index contributed by atoms with van der Waals surface area (Å²) in [4.78, 5) is 31.3. The molecule has 1 amide bonds. The molecule has 41 heavy (non-hydrogen) atoms. The minimum absolute atomic E-state index is 0.0198. The molecule has 0 radical (unpaired) electrons. The van der Waals surface area contributed by atoms with Gasteiger partial charge in [0, 0.05) is 16.0 Å². The highest BCUT2D eigenvalue weighted by Crippen LogP contribution is 2.36. The number of hydrogen-bond donors (Lipinski definition) is 1. The van der Waals surface area contributed by atoms with Crippen LogP contribution in [-0.2, 0) is 9.53 Å². The summed E-state index contributed by atoms with van der Waals surface area (Å²) >= 11 is 2.49. The summed E-state index contributed by atoms with van der Waals surface area (Å²) in [5.74, 6) is 0.596. The van der Waals surface area contributed by atoms with Crippen LogP contribution in [0.15, 0.2) is 59.6 Å². The number of methoxy groups -OCH3 is 2. The van der Waals surface area contributed by atoms with E-state index in [1.54, 1.807) is 21.1 Å². The predicted molar refractivity (Wildman–Crippen MR) is 162 cm³/mol. The molecule has 0 saturated carbocycles. The van der Waals surface area contributed by atoms with E-state index in [1.807, 2.05) is 68.4 Å². The molecule has 0 aliphatic rings. The molecule has 2 aromatic carbocycles. The molecule has 0 saturated heterocycles. The van der Waals surface area contributed by atoms with E-state index >= 15 is 0 Å². The third kappa shape index (κ3) is 6.70. The standard InChI is InChI=1S/C31H29N3O5S2/c1-6-39-31(36)28-18(2)19(3)41-30(28)34-27(35)17-40-29-25(16-32)24(20-7-11-22(37-4)12-8-20)15-26(33-29)21-9-13-23(38-5)14-10-21/h7-15H,6,17H2,1-5H3,(H,34,35). The fourth-order valence-corrected chi connectivity index (χ4v) is 5.97. The molecular formula is C31H29N3O5S2. The van der Waals surface area contributed by atoms with Gasteiger partial charge in [-0.3, -0.25) is 4.79 Å². The van der Waals surface area contributed by atoms with Gasteiger partial charge in [-0.2, -0.15) is 5.26 Å². The van der Waals surface area contributed by atoms with Gasteiger partial charge >= 0.3 is 5.97 Å². The summed E-state index contributed by atoms with van der Waals surface area (Å²) in [6.45, 7) is 5.69. The SMILES string of the molecule is CCOC(=O)c1c(NC(=O)CSc2nc(-c3ccc(OC)cc3)cc(-c3ccc(OC)cc3)c2C#N)sc(C)c1C. The van der Waals surface area contributed by atoms with Gasteiger partial charge in [0.05, 0.1) is 43.4 Å². The number of aryl methyl sites for hydroxylation is 1. The summed E-state index contributed by atoms with van der Waals surface area (Å²) in [5, 5.41) is 13.9. The van der Waals surface area contributed by atoms with Crippen molar-refractivity contribution < 1.29 is 23.8 Å². The molecule has 0 aliphatic carbocycles. The van der Waals surface area contributed by atoms with Crippen LogP contribution in [0.5, 0.6) is 11.5 Å². The average Bonchev–Trinajstić information content (AvgIpc) is 3.27. The van der Waals surface area contributed by atoms with Crippen LogP contribution in [0.3, 0.4) is 0 Å². The van der Waals surface area contributed by atoms with Crippen molar-refractivity contribution in [3.8, 4) is 40.0 Å². The van der Waals surface area contributed by atoms with E-state index in [4.69, 9.17) is 19.2 Å². The van der Waals surface area contributed by atoms with E-state index in [0.29, 0.717) is 43.9 Å². The smallest absolute Gasteiger partial charge is 0.341 e. The number of anilines is 1. The number of nitrogens with one attached hydrogen (secondary N) is 1. The Kier molecular flexibility index (Phi) is 9.65. The first-order valence-electron chi connectivity index (χ1n) is 12.7. The van der Waals surface area contributed by atoms with E-state index in [-0.39, 0.29) is 18.3 Å².